The minimum atomic E-state index is -3.46. The smallest absolute Gasteiger partial charge is 0.243 e. The molecule has 0 aliphatic rings. The van der Waals surface area contributed by atoms with Gasteiger partial charge in [0.1, 0.15) is 0 Å². The topological polar surface area (TPSA) is 73.8 Å². The van der Waals surface area contributed by atoms with Gasteiger partial charge in [-0.2, -0.15) is 15.6 Å². The molecule has 0 radical (unpaired) electrons. The Morgan fingerprint density at radius 3 is 2.33 bits per heavy atom. The van der Waals surface area contributed by atoms with E-state index in [4.69, 9.17) is 0 Å². The number of hydrogen-bond donors (Lipinski definition) is 2. The molecule has 2 N–H and O–H groups in total. The number of halogens is 1. The van der Waals surface area contributed by atoms with Gasteiger partial charge in [0.2, 0.25) is 10.0 Å². The average Bonchev–Trinajstić information content (AvgIpc) is 3.24. The van der Waals surface area contributed by atoms with E-state index in [1.165, 1.54) is 9.87 Å². The summed E-state index contributed by atoms with van der Waals surface area (Å²) >= 11 is 1.71. The zero-order chi connectivity index (χ0) is 21.4. The van der Waals surface area contributed by atoms with Crippen LogP contribution in [-0.2, 0) is 16.6 Å². The second-order valence-corrected chi connectivity index (χ2v) is 10.1. The van der Waals surface area contributed by atoms with Crippen LogP contribution in [0.4, 0.5) is 0 Å². The summed E-state index contributed by atoms with van der Waals surface area (Å²) in [6.07, 6.45) is 0. The maximum absolute atomic E-state index is 12.6. The maximum atomic E-state index is 12.6. The summed E-state index contributed by atoms with van der Waals surface area (Å²) in [6, 6.07) is 9.00. The molecule has 0 spiro atoms. The van der Waals surface area contributed by atoms with E-state index in [0.29, 0.717) is 17.4 Å². The number of benzene rings is 1. The first-order chi connectivity index (χ1) is 13.8. The van der Waals surface area contributed by atoms with E-state index in [2.05, 4.69) is 39.4 Å². The van der Waals surface area contributed by atoms with Crippen molar-refractivity contribution >= 4 is 51.3 Å². The lowest BCUT2D eigenvalue weighted by atomic mass is 10.1. The van der Waals surface area contributed by atoms with Crippen LogP contribution in [0.5, 0.6) is 0 Å². The van der Waals surface area contributed by atoms with Gasteiger partial charge in [0.05, 0.1) is 11.4 Å². The van der Waals surface area contributed by atoms with Crippen molar-refractivity contribution in [2.45, 2.75) is 51.1 Å². The SMILES string of the molecule is CCNC(=NCc1ccc(S(=O)(=O)N(C)C(C)C)cc1)NCC(C)c1ccsc1.I. The van der Waals surface area contributed by atoms with Crippen LogP contribution in [0.25, 0.3) is 0 Å². The zero-order valence-electron chi connectivity index (χ0n) is 18.3. The van der Waals surface area contributed by atoms with E-state index in [1.807, 2.05) is 32.9 Å². The number of thiophene rings is 1. The van der Waals surface area contributed by atoms with Crippen LogP contribution in [0.2, 0.25) is 0 Å². The number of aliphatic imine (C=N–C) groups is 1. The van der Waals surface area contributed by atoms with Crippen molar-refractivity contribution < 1.29 is 8.42 Å². The molecule has 168 valence electrons. The van der Waals surface area contributed by atoms with Crippen LogP contribution in [0.15, 0.2) is 51.0 Å². The normalized spacial score (nSPS) is 13.2. The Kier molecular flexibility index (Phi) is 11.3. The fourth-order valence-corrected chi connectivity index (χ4v) is 4.80. The lowest BCUT2D eigenvalue weighted by molar-refractivity contribution is 0.410. The van der Waals surface area contributed by atoms with Gasteiger partial charge in [0.25, 0.3) is 0 Å². The summed E-state index contributed by atoms with van der Waals surface area (Å²) in [6.45, 7) is 9.97. The summed E-state index contributed by atoms with van der Waals surface area (Å²) in [5.74, 6) is 1.15. The molecule has 1 aromatic heterocycles. The van der Waals surface area contributed by atoms with Crippen molar-refractivity contribution in [3.05, 3.63) is 52.2 Å². The van der Waals surface area contributed by atoms with Gasteiger partial charge in [-0.05, 0) is 66.8 Å². The number of sulfonamides is 1. The van der Waals surface area contributed by atoms with Crippen molar-refractivity contribution in [1.29, 1.82) is 0 Å². The van der Waals surface area contributed by atoms with Gasteiger partial charge in [0.15, 0.2) is 5.96 Å². The molecule has 1 unspecified atom stereocenters. The summed E-state index contributed by atoms with van der Waals surface area (Å²) < 4.78 is 26.5. The van der Waals surface area contributed by atoms with Gasteiger partial charge in [-0.25, -0.2) is 13.4 Å². The van der Waals surface area contributed by atoms with Crippen molar-refractivity contribution in [2.75, 3.05) is 20.1 Å². The number of guanidine groups is 1. The fourth-order valence-electron chi connectivity index (χ4n) is 2.65. The molecule has 1 heterocycles. The molecule has 30 heavy (non-hydrogen) atoms. The van der Waals surface area contributed by atoms with Gasteiger partial charge >= 0.3 is 0 Å². The van der Waals surface area contributed by atoms with Crippen molar-refractivity contribution in [2.24, 2.45) is 4.99 Å². The maximum Gasteiger partial charge on any atom is 0.243 e. The van der Waals surface area contributed by atoms with E-state index < -0.39 is 10.0 Å². The monoisotopic (exact) mass is 564 g/mol. The Morgan fingerprint density at radius 1 is 1.13 bits per heavy atom. The van der Waals surface area contributed by atoms with Crippen molar-refractivity contribution in [1.82, 2.24) is 14.9 Å². The van der Waals surface area contributed by atoms with Crippen molar-refractivity contribution in [3.8, 4) is 0 Å². The molecule has 0 aliphatic carbocycles. The predicted molar refractivity (Wildman–Crippen MR) is 137 cm³/mol. The van der Waals surface area contributed by atoms with Gasteiger partial charge in [-0.3, -0.25) is 0 Å². The average molecular weight is 565 g/mol. The van der Waals surface area contributed by atoms with Crippen LogP contribution in [-0.4, -0.2) is 44.9 Å². The molecule has 0 aliphatic heterocycles. The predicted octanol–water partition coefficient (Wildman–Crippen LogP) is 4.25. The molecule has 0 fully saturated rings. The molecule has 9 heteroatoms. The van der Waals surface area contributed by atoms with Gasteiger partial charge in [-0.1, -0.05) is 19.1 Å². The standard InChI is InChI=1S/C21H32N4O2S2.HI/c1-6-22-21(23-13-17(4)19-11-12-28-15-19)24-14-18-7-9-20(10-8-18)29(26,27)25(5)16(2)3;/h7-12,15-17H,6,13-14H2,1-5H3,(H2,22,23,24);1H. The number of rotatable bonds is 9. The molecule has 1 atom stereocenters. The van der Waals surface area contributed by atoms with E-state index in [-0.39, 0.29) is 30.0 Å². The number of nitrogens with one attached hydrogen (secondary N) is 2. The molecule has 0 amide bonds. The highest BCUT2D eigenvalue weighted by Gasteiger charge is 2.22. The molecule has 0 saturated carbocycles. The van der Waals surface area contributed by atoms with E-state index in [9.17, 15) is 8.42 Å². The first kappa shape index (κ1) is 26.9. The number of hydrogen-bond acceptors (Lipinski definition) is 4. The second kappa shape index (κ2) is 12.6. The molecular weight excluding hydrogens is 531 g/mol. The summed E-state index contributed by atoms with van der Waals surface area (Å²) in [4.78, 5) is 4.93. The minimum Gasteiger partial charge on any atom is -0.357 e. The van der Waals surface area contributed by atoms with Gasteiger partial charge < -0.3 is 10.6 Å². The molecular formula is C21H33IN4O2S2. The van der Waals surface area contributed by atoms with Crippen molar-refractivity contribution in [3.63, 3.8) is 0 Å². The lowest BCUT2D eigenvalue weighted by Crippen LogP contribution is -2.39. The quantitative estimate of drug-likeness (QED) is 0.271. The minimum absolute atomic E-state index is 0. The second-order valence-electron chi connectivity index (χ2n) is 7.29. The third kappa shape index (κ3) is 7.51. The highest BCUT2D eigenvalue weighted by molar-refractivity contribution is 14.0. The number of nitrogens with zero attached hydrogens (tertiary/aromatic N) is 2. The van der Waals surface area contributed by atoms with Gasteiger partial charge in [-0.15, -0.1) is 24.0 Å². The summed E-state index contributed by atoms with van der Waals surface area (Å²) in [5, 5.41) is 10.9. The summed E-state index contributed by atoms with van der Waals surface area (Å²) in [7, 11) is -1.86. The van der Waals surface area contributed by atoms with Crippen LogP contribution < -0.4 is 10.6 Å². The van der Waals surface area contributed by atoms with Crippen LogP contribution in [0.1, 0.15) is 44.7 Å². The molecule has 1 aromatic carbocycles. The van der Waals surface area contributed by atoms with Crippen LogP contribution in [0.3, 0.4) is 0 Å². The largest absolute Gasteiger partial charge is 0.357 e. The third-order valence-electron chi connectivity index (χ3n) is 4.78. The fraction of sp³-hybridized carbons (Fsp3) is 0.476. The first-order valence-electron chi connectivity index (χ1n) is 9.87. The van der Waals surface area contributed by atoms with Crippen LogP contribution in [0, 0.1) is 0 Å². The first-order valence-corrected chi connectivity index (χ1v) is 12.2. The molecule has 2 rings (SSSR count). The Hall–Kier alpha value is -1.17. The Balaban J connectivity index is 0.00000450. The molecule has 0 saturated heterocycles. The lowest BCUT2D eigenvalue weighted by Gasteiger charge is -2.21. The highest BCUT2D eigenvalue weighted by atomic mass is 127. The summed E-state index contributed by atoms with van der Waals surface area (Å²) in [5.41, 5.74) is 2.28. The highest BCUT2D eigenvalue weighted by Crippen LogP contribution is 2.18. The zero-order valence-corrected chi connectivity index (χ0v) is 22.2. The Morgan fingerprint density at radius 2 is 1.80 bits per heavy atom. The Bertz CT molecular complexity index is 882. The molecule has 2 aromatic rings. The molecule has 0 bridgehead atoms. The molecule has 6 nitrogen and oxygen atoms in total. The van der Waals surface area contributed by atoms with Crippen LogP contribution >= 0.6 is 35.3 Å². The third-order valence-corrected chi connectivity index (χ3v) is 7.53. The van der Waals surface area contributed by atoms with E-state index in [0.717, 1.165) is 24.6 Å². The van der Waals surface area contributed by atoms with Gasteiger partial charge in [0, 0.05) is 26.2 Å². The van der Waals surface area contributed by atoms with E-state index >= 15 is 0 Å². The Labute approximate surface area is 202 Å². The van der Waals surface area contributed by atoms with E-state index in [1.54, 1.807) is 30.5 Å².